The van der Waals surface area contributed by atoms with Crippen molar-refractivity contribution in [1.82, 2.24) is 4.90 Å². The van der Waals surface area contributed by atoms with Crippen molar-refractivity contribution in [3.63, 3.8) is 0 Å². The van der Waals surface area contributed by atoms with Crippen LogP contribution in [0.2, 0.25) is 0 Å². The third kappa shape index (κ3) is 3.15. The molecule has 1 fully saturated rings. The van der Waals surface area contributed by atoms with Gasteiger partial charge in [0.05, 0.1) is 32.9 Å². The van der Waals surface area contributed by atoms with Gasteiger partial charge in [0, 0.05) is 12.6 Å². The van der Waals surface area contributed by atoms with E-state index < -0.39 is 17.7 Å². The fourth-order valence-corrected chi connectivity index (χ4v) is 3.29. The first-order valence-electron chi connectivity index (χ1n) is 8.53. The van der Waals surface area contributed by atoms with Gasteiger partial charge in [0.25, 0.3) is 11.7 Å². The molecule has 2 aromatic carbocycles. The second-order valence-electron chi connectivity index (χ2n) is 6.26. The number of hydrogen-bond donors (Lipinski definition) is 1. The minimum absolute atomic E-state index is 0.00738. The van der Waals surface area contributed by atoms with Crippen LogP contribution in [-0.4, -0.2) is 50.1 Å². The molecule has 1 unspecified atom stereocenters. The molecular formula is C21H21NO6. The van der Waals surface area contributed by atoms with Crippen LogP contribution < -0.4 is 14.2 Å². The van der Waals surface area contributed by atoms with Gasteiger partial charge in [-0.2, -0.15) is 0 Å². The lowest BCUT2D eigenvalue weighted by Crippen LogP contribution is -2.24. The Morgan fingerprint density at radius 1 is 0.964 bits per heavy atom. The van der Waals surface area contributed by atoms with Crippen molar-refractivity contribution in [2.75, 3.05) is 28.4 Å². The summed E-state index contributed by atoms with van der Waals surface area (Å²) >= 11 is 0. The van der Waals surface area contributed by atoms with Crippen LogP contribution in [0.4, 0.5) is 0 Å². The molecule has 0 saturated carbocycles. The molecule has 1 aliphatic heterocycles. The largest absolute Gasteiger partial charge is 0.507 e. The van der Waals surface area contributed by atoms with Crippen LogP contribution in [0.15, 0.2) is 48.0 Å². The maximum Gasteiger partial charge on any atom is 0.295 e. The molecule has 0 bridgehead atoms. The summed E-state index contributed by atoms with van der Waals surface area (Å²) in [4.78, 5) is 26.3. The highest BCUT2D eigenvalue weighted by Gasteiger charge is 2.44. The molecule has 0 spiro atoms. The van der Waals surface area contributed by atoms with Crippen LogP contribution >= 0.6 is 0 Å². The summed E-state index contributed by atoms with van der Waals surface area (Å²) in [6, 6.07) is 11.1. The number of carbonyl (C=O) groups excluding carboxylic acids is 2. The molecule has 1 amide bonds. The first-order valence-corrected chi connectivity index (χ1v) is 8.53. The number of nitrogens with zero attached hydrogens (tertiary/aromatic N) is 1. The Morgan fingerprint density at radius 3 is 2.32 bits per heavy atom. The lowest BCUT2D eigenvalue weighted by molar-refractivity contribution is -0.139. The number of ether oxygens (including phenoxy) is 3. The van der Waals surface area contributed by atoms with Crippen molar-refractivity contribution in [2.45, 2.75) is 6.04 Å². The van der Waals surface area contributed by atoms with Crippen molar-refractivity contribution >= 4 is 17.4 Å². The quantitative estimate of drug-likeness (QED) is 0.485. The molecule has 1 atom stereocenters. The smallest absolute Gasteiger partial charge is 0.295 e. The van der Waals surface area contributed by atoms with E-state index in [4.69, 9.17) is 14.2 Å². The van der Waals surface area contributed by atoms with Crippen LogP contribution in [0.5, 0.6) is 17.2 Å². The van der Waals surface area contributed by atoms with Crippen LogP contribution in [0.3, 0.4) is 0 Å². The summed E-state index contributed by atoms with van der Waals surface area (Å²) in [6.45, 7) is 0. The molecule has 2 aromatic rings. The third-order valence-electron chi connectivity index (χ3n) is 4.74. The van der Waals surface area contributed by atoms with E-state index in [1.54, 1.807) is 42.5 Å². The summed E-state index contributed by atoms with van der Waals surface area (Å²) < 4.78 is 15.7. The van der Waals surface area contributed by atoms with E-state index in [1.807, 2.05) is 0 Å². The molecule has 0 aliphatic carbocycles. The number of amides is 1. The fourth-order valence-electron chi connectivity index (χ4n) is 3.29. The highest BCUT2D eigenvalue weighted by molar-refractivity contribution is 6.46. The molecule has 7 heteroatoms. The standard InChI is InChI=1S/C21H21NO6/c1-22-18(12-6-5-7-14(10-12)26-2)17(20(24)21(22)25)19(23)13-8-9-15(27-3)16(11-13)28-4/h5-11,18,23H,1-4H3/b19-17-. The summed E-state index contributed by atoms with van der Waals surface area (Å²) in [6.07, 6.45) is 0. The average Bonchev–Trinajstić information content (AvgIpc) is 2.96. The highest BCUT2D eigenvalue weighted by atomic mass is 16.5. The average molecular weight is 383 g/mol. The minimum Gasteiger partial charge on any atom is -0.507 e. The first-order chi connectivity index (χ1) is 13.4. The van der Waals surface area contributed by atoms with E-state index in [9.17, 15) is 14.7 Å². The molecule has 28 heavy (non-hydrogen) atoms. The number of ketones is 1. The van der Waals surface area contributed by atoms with Gasteiger partial charge in [-0.1, -0.05) is 12.1 Å². The number of aliphatic hydroxyl groups excluding tert-OH is 1. The maximum atomic E-state index is 12.7. The van der Waals surface area contributed by atoms with E-state index in [-0.39, 0.29) is 11.3 Å². The van der Waals surface area contributed by atoms with Crippen LogP contribution in [0, 0.1) is 0 Å². The van der Waals surface area contributed by atoms with Crippen LogP contribution in [0.1, 0.15) is 17.2 Å². The molecule has 0 radical (unpaired) electrons. The maximum absolute atomic E-state index is 12.7. The number of benzene rings is 2. The molecule has 3 rings (SSSR count). The molecule has 7 nitrogen and oxygen atoms in total. The topological polar surface area (TPSA) is 85.3 Å². The molecule has 146 valence electrons. The van der Waals surface area contributed by atoms with Gasteiger partial charge in [-0.05, 0) is 35.9 Å². The van der Waals surface area contributed by atoms with Gasteiger partial charge in [0.1, 0.15) is 11.5 Å². The van der Waals surface area contributed by atoms with Gasteiger partial charge in [0.2, 0.25) is 0 Å². The van der Waals surface area contributed by atoms with Crippen molar-refractivity contribution in [3.8, 4) is 17.2 Å². The number of Topliss-reactive ketones (excluding diaryl/α,β-unsaturated/α-hetero) is 1. The normalized spacial score (nSPS) is 18.3. The van der Waals surface area contributed by atoms with Gasteiger partial charge in [-0.15, -0.1) is 0 Å². The Balaban J connectivity index is 2.17. The fraction of sp³-hybridized carbons (Fsp3) is 0.238. The van der Waals surface area contributed by atoms with E-state index in [1.165, 1.54) is 33.3 Å². The van der Waals surface area contributed by atoms with E-state index >= 15 is 0 Å². The molecule has 1 N–H and O–H groups in total. The zero-order valence-corrected chi connectivity index (χ0v) is 16.1. The minimum atomic E-state index is -0.748. The molecule has 1 heterocycles. The second kappa shape index (κ2) is 7.64. The van der Waals surface area contributed by atoms with Gasteiger partial charge in [0.15, 0.2) is 11.5 Å². The molecule has 1 aliphatic rings. The Hall–Kier alpha value is -3.48. The molecule has 1 saturated heterocycles. The number of likely N-dealkylation sites (N-methyl/N-ethyl adjacent to an activating group) is 1. The predicted octanol–water partition coefficient (Wildman–Crippen LogP) is 2.76. The molecule has 0 aromatic heterocycles. The third-order valence-corrected chi connectivity index (χ3v) is 4.74. The van der Waals surface area contributed by atoms with Crippen molar-refractivity contribution in [2.24, 2.45) is 0 Å². The zero-order valence-electron chi connectivity index (χ0n) is 16.1. The number of methoxy groups -OCH3 is 3. The van der Waals surface area contributed by atoms with Crippen LogP contribution in [0.25, 0.3) is 5.76 Å². The van der Waals surface area contributed by atoms with Crippen molar-refractivity contribution in [1.29, 1.82) is 0 Å². The summed E-state index contributed by atoms with van der Waals surface area (Å²) in [5.74, 6) is -0.244. The van der Waals surface area contributed by atoms with Gasteiger partial charge >= 0.3 is 0 Å². The monoisotopic (exact) mass is 383 g/mol. The number of hydrogen-bond acceptors (Lipinski definition) is 6. The number of likely N-dealkylation sites (tertiary alicyclic amines) is 1. The van der Waals surface area contributed by atoms with E-state index in [0.29, 0.717) is 28.4 Å². The van der Waals surface area contributed by atoms with E-state index in [0.717, 1.165) is 0 Å². The van der Waals surface area contributed by atoms with Crippen molar-refractivity contribution in [3.05, 3.63) is 59.2 Å². The Kier molecular flexibility index (Phi) is 5.26. The van der Waals surface area contributed by atoms with Gasteiger partial charge in [-0.3, -0.25) is 9.59 Å². The lowest BCUT2D eigenvalue weighted by atomic mass is 9.95. The highest BCUT2D eigenvalue weighted by Crippen LogP contribution is 2.40. The summed E-state index contributed by atoms with van der Waals surface area (Å²) in [5.41, 5.74) is 1.01. The number of rotatable bonds is 5. The Labute approximate surface area is 162 Å². The lowest BCUT2D eigenvalue weighted by Gasteiger charge is -2.21. The Bertz CT molecular complexity index is 965. The van der Waals surface area contributed by atoms with Crippen molar-refractivity contribution < 1.29 is 28.9 Å². The number of carbonyl (C=O) groups is 2. The Morgan fingerprint density at radius 2 is 1.68 bits per heavy atom. The summed E-state index contributed by atoms with van der Waals surface area (Å²) in [7, 11) is 6.04. The van der Waals surface area contributed by atoms with E-state index in [2.05, 4.69) is 0 Å². The SMILES string of the molecule is COc1cccc(C2/C(=C(/O)c3ccc(OC)c(OC)c3)C(=O)C(=O)N2C)c1. The van der Waals surface area contributed by atoms with Gasteiger partial charge < -0.3 is 24.2 Å². The zero-order chi connectivity index (χ0) is 20.4. The second-order valence-corrected chi connectivity index (χ2v) is 6.26. The predicted molar refractivity (Wildman–Crippen MR) is 103 cm³/mol. The molecular weight excluding hydrogens is 362 g/mol. The van der Waals surface area contributed by atoms with Gasteiger partial charge in [-0.25, -0.2) is 0 Å². The van der Waals surface area contributed by atoms with Crippen LogP contribution in [-0.2, 0) is 9.59 Å². The first kappa shape index (κ1) is 19.3. The number of aliphatic hydroxyl groups is 1. The summed E-state index contributed by atoms with van der Waals surface area (Å²) in [5, 5.41) is 10.9.